The van der Waals surface area contributed by atoms with Crippen molar-refractivity contribution in [3.05, 3.63) is 36.5 Å². The van der Waals surface area contributed by atoms with Crippen LogP contribution in [0.15, 0.2) is 36.5 Å². The summed E-state index contributed by atoms with van der Waals surface area (Å²) in [5.41, 5.74) is 2.69. The Morgan fingerprint density at radius 2 is 1.80 bits per heavy atom. The van der Waals surface area contributed by atoms with Gasteiger partial charge >= 0.3 is 0 Å². The van der Waals surface area contributed by atoms with Crippen LogP contribution in [0.5, 0.6) is 0 Å². The third-order valence-corrected chi connectivity index (χ3v) is 2.08. The molecule has 0 radical (unpaired) electrons. The van der Waals surface area contributed by atoms with Gasteiger partial charge in [-0.15, -0.1) is 0 Å². The molecule has 0 atom stereocenters. The van der Waals surface area contributed by atoms with Crippen LogP contribution in [0.4, 0.5) is 0 Å². The van der Waals surface area contributed by atoms with Gasteiger partial charge in [0.05, 0.1) is 0 Å². The maximum Gasteiger partial charge on any atom is -0.0197 e. The Labute approximate surface area is 62.9 Å². The average molecular weight is 134 g/mol. The zero-order chi connectivity index (χ0) is 7.56. The molecule has 0 bridgehead atoms. The third-order valence-electron chi connectivity index (χ3n) is 2.08. The van der Waals surface area contributed by atoms with Gasteiger partial charge in [0.15, 0.2) is 0 Å². The lowest BCUT2D eigenvalue weighted by molar-refractivity contribution is 0.994. The maximum absolute atomic E-state index is 3.73. The van der Waals surface area contributed by atoms with Crippen LogP contribution in [-0.4, -0.2) is 0 Å². The van der Waals surface area contributed by atoms with E-state index in [0.29, 0.717) is 0 Å². The van der Waals surface area contributed by atoms with E-state index in [1.165, 1.54) is 24.0 Å². The molecule has 0 unspecified atom stereocenters. The van der Waals surface area contributed by atoms with Gasteiger partial charge in [-0.25, -0.2) is 0 Å². The molecule has 1 aliphatic carbocycles. The molecule has 0 N–H and O–H groups in total. The molecule has 0 aromatic heterocycles. The summed E-state index contributed by atoms with van der Waals surface area (Å²) < 4.78 is 0. The SMILES string of the molecule is C=CC(C=C)=C(C)C1CC1. The standard InChI is InChI=1S/C10H14/c1-4-9(5-2)8(3)10-6-7-10/h4-5,10H,1-2,6-7H2,3H3. The molecule has 1 fully saturated rings. The van der Waals surface area contributed by atoms with Crippen LogP contribution in [0, 0.1) is 5.92 Å². The van der Waals surface area contributed by atoms with Gasteiger partial charge in [-0.1, -0.05) is 30.9 Å². The van der Waals surface area contributed by atoms with Gasteiger partial charge in [-0.2, -0.15) is 0 Å². The first kappa shape index (κ1) is 7.33. The second-order valence-electron chi connectivity index (χ2n) is 2.82. The summed E-state index contributed by atoms with van der Waals surface area (Å²) in [6, 6.07) is 0. The van der Waals surface area contributed by atoms with Crippen LogP contribution in [0.1, 0.15) is 19.8 Å². The minimum Gasteiger partial charge on any atom is -0.0985 e. The quantitative estimate of drug-likeness (QED) is 0.520. The van der Waals surface area contributed by atoms with E-state index < -0.39 is 0 Å². The Hall–Kier alpha value is -0.780. The predicted octanol–water partition coefficient (Wildman–Crippen LogP) is 3.08. The Bertz CT molecular complexity index is 170. The topological polar surface area (TPSA) is 0 Å². The fourth-order valence-electron chi connectivity index (χ4n) is 1.16. The van der Waals surface area contributed by atoms with Gasteiger partial charge in [0.1, 0.15) is 0 Å². The van der Waals surface area contributed by atoms with Crippen molar-refractivity contribution >= 4 is 0 Å². The van der Waals surface area contributed by atoms with E-state index in [2.05, 4.69) is 20.1 Å². The molecule has 0 aromatic rings. The van der Waals surface area contributed by atoms with Gasteiger partial charge in [0.25, 0.3) is 0 Å². The van der Waals surface area contributed by atoms with Crippen LogP contribution in [0.2, 0.25) is 0 Å². The molecule has 0 spiro atoms. The minimum atomic E-state index is 0.839. The van der Waals surface area contributed by atoms with E-state index in [4.69, 9.17) is 0 Å². The molecule has 54 valence electrons. The fourth-order valence-corrected chi connectivity index (χ4v) is 1.16. The molecule has 1 saturated carbocycles. The highest BCUT2D eigenvalue weighted by Gasteiger charge is 2.23. The van der Waals surface area contributed by atoms with Gasteiger partial charge in [0, 0.05) is 0 Å². The lowest BCUT2D eigenvalue weighted by Gasteiger charge is -1.99. The van der Waals surface area contributed by atoms with E-state index in [9.17, 15) is 0 Å². The summed E-state index contributed by atoms with van der Waals surface area (Å²) in [7, 11) is 0. The zero-order valence-corrected chi connectivity index (χ0v) is 6.56. The van der Waals surface area contributed by atoms with Crippen LogP contribution >= 0.6 is 0 Å². The predicted molar refractivity (Wildman–Crippen MR) is 45.8 cm³/mol. The molecule has 0 saturated heterocycles. The molecule has 1 aliphatic rings. The summed E-state index contributed by atoms with van der Waals surface area (Å²) in [5, 5.41) is 0. The summed E-state index contributed by atoms with van der Waals surface area (Å²) in [6.07, 6.45) is 6.50. The van der Waals surface area contributed by atoms with E-state index >= 15 is 0 Å². The summed E-state index contributed by atoms with van der Waals surface area (Å²) in [5.74, 6) is 0.839. The van der Waals surface area contributed by atoms with Crippen molar-refractivity contribution in [3.8, 4) is 0 Å². The Kier molecular flexibility index (Phi) is 2.10. The van der Waals surface area contributed by atoms with Crippen LogP contribution < -0.4 is 0 Å². The van der Waals surface area contributed by atoms with Crippen molar-refractivity contribution < 1.29 is 0 Å². The second-order valence-corrected chi connectivity index (χ2v) is 2.82. The lowest BCUT2D eigenvalue weighted by atomic mass is 10.1. The molecular formula is C10H14. The first-order valence-electron chi connectivity index (χ1n) is 3.75. The largest absolute Gasteiger partial charge is 0.0985 e. The molecule has 0 heterocycles. The Balaban J connectivity index is 2.76. The highest BCUT2D eigenvalue weighted by Crippen LogP contribution is 2.37. The van der Waals surface area contributed by atoms with E-state index in [-0.39, 0.29) is 0 Å². The van der Waals surface area contributed by atoms with Crippen molar-refractivity contribution in [1.82, 2.24) is 0 Å². The fraction of sp³-hybridized carbons (Fsp3) is 0.400. The molecule has 1 rings (SSSR count). The van der Waals surface area contributed by atoms with Gasteiger partial charge in [-0.05, 0) is 31.3 Å². The Morgan fingerprint density at radius 3 is 2.10 bits per heavy atom. The zero-order valence-electron chi connectivity index (χ0n) is 6.56. The summed E-state index contributed by atoms with van der Waals surface area (Å²) in [4.78, 5) is 0. The number of hydrogen-bond donors (Lipinski definition) is 0. The van der Waals surface area contributed by atoms with E-state index in [0.717, 1.165) is 5.92 Å². The molecule has 0 heteroatoms. The number of hydrogen-bond acceptors (Lipinski definition) is 0. The van der Waals surface area contributed by atoms with Crippen LogP contribution in [0.3, 0.4) is 0 Å². The molecule has 0 amide bonds. The van der Waals surface area contributed by atoms with Crippen LogP contribution in [0.25, 0.3) is 0 Å². The maximum atomic E-state index is 3.73. The van der Waals surface area contributed by atoms with E-state index in [1.54, 1.807) is 0 Å². The van der Waals surface area contributed by atoms with Gasteiger partial charge in [-0.3, -0.25) is 0 Å². The highest BCUT2D eigenvalue weighted by molar-refractivity contribution is 5.34. The molecule has 0 nitrogen and oxygen atoms in total. The second kappa shape index (κ2) is 2.87. The molecular weight excluding hydrogens is 120 g/mol. The lowest BCUT2D eigenvalue weighted by Crippen LogP contribution is -1.83. The van der Waals surface area contributed by atoms with Crippen molar-refractivity contribution in [2.45, 2.75) is 19.8 Å². The minimum absolute atomic E-state index is 0.839. The van der Waals surface area contributed by atoms with Crippen molar-refractivity contribution in [2.75, 3.05) is 0 Å². The number of allylic oxidation sites excluding steroid dienone is 4. The first-order valence-corrected chi connectivity index (χ1v) is 3.75. The van der Waals surface area contributed by atoms with Crippen LogP contribution in [-0.2, 0) is 0 Å². The molecule has 0 aliphatic heterocycles. The smallest absolute Gasteiger partial charge is 0.0197 e. The molecule has 10 heavy (non-hydrogen) atoms. The molecule has 0 aromatic carbocycles. The third kappa shape index (κ3) is 1.38. The van der Waals surface area contributed by atoms with Crippen molar-refractivity contribution in [3.63, 3.8) is 0 Å². The van der Waals surface area contributed by atoms with Gasteiger partial charge < -0.3 is 0 Å². The van der Waals surface area contributed by atoms with Crippen molar-refractivity contribution in [2.24, 2.45) is 5.92 Å². The summed E-state index contributed by atoms with van der Waals surface area (Å²) >= 11 is 0. The van der Waals surface area contributed by atoms with Gasteiger partial charge in [0.2, 0.25) is 0 Å². The highest BCUT2D eigenvalue weighted by atomic mass is 14.3. The Morgan fingerprint density at radius 1 is 1.30 bits per heavy atom. The average Bonchev–Trinajstić information content (AvgIpc) is 2.71. The summed E-state index contributed by atoms with van der Waals surface area (Å²) in [6.45, 7) is 9.64. The number of rotatable bonds is 3. The van der Waals surface area contributed by atoms with Crippen molar-refractivity contribution in [1.29, 1.82) is 0 Å². The monoisotopic (exact) mass is 134 g/mol. The normalized spacial score (nSPS) is 16.1. The first-order chi connectivity index (χ1) is 4.79. The van der Waals surface area contributed by atoms with E-state index in [1.807, 2.05) is 12.2 Å².